The monoisotopic (exact) mass is 573 g/mol. The average molecular weight is 574 g/mol. The molecule has 220 valence electrons. The number of aromatic amines is 1. The molecule has 43 heavy (non-hydrogen) atoms. The van der Waals surface area contributed by atoms with Gasteiger partial charge in [-0.05, 0) is 59.7 Å². The van der Waals surface area contributed by atoms with E-state index < -0.39 is 6.04 Å². The number of fused-ring (bicyclic) bond motifs is 2. The minimum Gasteiger partial charge on any atom is -0.354 e. The predicted molar refractivity (Wildman–Crippen MR) is 174 cm³/mol. The van der Waals surface area contributed by atoms with Crippen LogP contribution in [-0.2, 0) is 27.2 Å². The lowest BCUT2D eigenvalue weighted by Crippen LogP contribution is -2.47. The van der Waals surface area contributed by atoms with Gasteiger partial charge in [-0.2, -0.15) is 0 Å². The number of H-pyrrole nitrogens is 1. The van der Waals surface area contributed by atoms with E-state index in [0.29, 0.717) is 25.8 Å². The predicted octanol–water partition coefficient (Wildman–Crippen LogP) is 6.91. The third-order valence-corrected chi connectivity index (χ3v) is 7.90. The Balaban J connectivity index is 1.24. The van der Waals surface area contributed by atoms with E-state index in [9.17, 15) is 14.4 Å². The summed E-state index contributed by atoms with van der Waals surface area (Å²) >= 11 is 0. The fourth-order valence-electron chi connectivity index (χ4n) is 5.69. The molecule has 4 aromatic carbocycles. The first-order chi connectivity index (χ1) is 21.0. The van der Waals surface area contributed by atoms with Crippen molar-refractivity contribution >= 4 is 39.3 Å². The number of carbonyl (C=O) groups is 3. The molecule has 0 unspecified atom stereocenters. The van der Waals surface area contributed by atoms with Gasteiger partial charge in [0.05, 0.1) is 6.42 Å². The first kappa shape index (κ1) is 29.8. The Hall–Kier alpha value is -4.71. The molecule has 0 fully saturated rings. The highest BCUT2D eigenvalue weighted by Crippen LogP contribution is 2.30. The van der Waals surface area contributed by atoms with E-state index in [-0.39, 0.29) is 24.0 Å². The largest absolute Gasteiger partial charge is 0.354 e. The van der Waals surface area contributed by atoms with Gasteiger partial charge in [-0.15, -0.1) is 0 Å². The highest BCUT2D eigenvalue weighted by molar-refractivity contribution is 5.92. The summed E-state index contributed by atoms with van der Waals surface area (Å²) in [6.07, 6.45) is 4.29. The SMILES string of the molecule is CC(=O)CCCCC[C@H](NC(=O)Cc1ccc2ccccc2c1)C(=O)NCCc1c(-c2ccccc2)[nH]c2ccccc12. The molecule has 1 aromatic heterocycles. The summed E-state index contributed by atoms with van der Waals surface area (Å²) in [4.78, 5) is 41.4. The first-order valence-electron chi connectivity index (χ1n) is 15.2. The molecule has 0 bridgehead atoms. The number of benzene rings is 4. The zero-order valence-corrected chi connectivity index (χ0v) is 24.7. The van der Waals surface area contributed by atoms with Gasteiger partial charge in [0.25, 0.3) is 0 Å². The Morgan fingerprint density at radius 1 is 0.791 bits per heavy atom. The van der Waals surface area contributed by atoms with Gasteiger partial charge >= 0.3 is 0 Å². The van der Waals surface area contributed by atoms with Crippen molar-refractivity contribution in [1.29, 1.82) is 0 Å². The van der Waals surface area contributed by atoms with Crippen LogP contribution in [0.1, 0.15) is 50.2 Å². The summed E-state index contributed by atoms with van der Waals surface area (Å²) in [7, 11) is 0. The molecule has 0 radical (unpaired) electrons. The van der Waals surface area contributed by atoms with E-state index in [4.69, 9.17) is 0 Å². The number of para-hydroxylation sites is 1. The van der Waals surface area contributed by atoms with E-state index in [1.54, 1.807) is 6.92 Å². The molecule has 6 heteroatoms. The molecule has 6 nitrogen and oxygen atoms in total. The van der Waals surface area contributed by atoms with Crippen molar-refractivity contribution in [2.24, 2.45) is 0 Å². The first-order valence-corrected chi connectivity index (χ1v) is 15.2. The number of Topliss-reactive ketones (excluding diaryl/α,β-unsaturated/α-hetero) is 1. The van der Waals surface area contributed by atoms with E-state index in [1.165, 1.54) is 0 Å². The molecule has 0 aliphatic carbocycles. The topological polar surface area (TPSA) is 91.1 Å². The van der Waals surface area contributed by atoms with E-state index in [1.807, 2.05) is 72.8 Å². The molecule has 0 spiro atoms. The molecule has 1 atom stereocenters. The number of rotatable bonds is 14. The molecule has 3 N–H and O–H groups in total. The summed E-state index contributed by atoms with van der Waals surface area (Å²) in [6.45, 7) is 2.04. The Morgan fingerprint density at radius 2 is 1.53 bits per heavy atom. The zero-order chi connectivity index (χ0) is 30.0. The standard InChI is InChI=1S/C37H39N3O3/c1-26(41)12-4-2-7-19-34(39-35(42)25-27-20-21-28-13-8-9-16-30(28)24-27)37(43)38-23-22-32-31-17-10-11-18-33(31)40-36(32)29-14-5-3-6-15-29/h3,5-6,8-11,13-18,20-21,24,34,40H,2,4,7,12,19,22-23,25H2,1H3,(H,38,43)(H,39,42)/t34-/m0/s1. The van der Waals surface area contributed by atoms with Crippen LogP contribution in [0.5, 0.6) is 0 Å². The van der Waals surface area contributed by atoms with Crippen LogP contribution in [0, 0.1) is 0 Å². The van der Waals surface area contributed by atoms with Crippen molar-refractivity contribution in [3.8, 4) is 11.3 Å². The van der Waals surface area contributed by atoms with Gasteiger partial charge < -0.3 is 20.4 Å². The fraction of sp³-hybridized carbons (Fsp3) is 0.270. The van der Waals surface area contributed by atoms with Crippen molar-refractivity contribution in [2.75, 3.05) is 6.54 Å². The number of amides is 2. The van der Waals surface area contributed by atoms with Gasteiger partial charge in [0.2, 0.25) is 11.8 Å². The fourth-order valence-corrected chi connectivity index (χ4v) is 5.69. The summed E-state index contributed by atoms with van der Waals surface area (Å²) in [6, 6.07) is 31.9. The molecule has 0 saturated carbocycles. The Bertz CT molecular complexity index is 1710. The lowest BCUT2D eigenvalue weighted by molar-refractivity contribution is -0.128. The molecule has 5 aromatic rings. The van der Waals surface area contributed by atoms with E-state index >= 15 is 0 Å². The maximum absolute atomic E-state index is 13.4. The highest BCUT2D eigenvalue weighted by Gasteiger charge is 2.21. The molecule has 0 saturated heterocycles. The molecule has 5 rings (SSSR count). The highest BCUT2D eigenvalue weighted by atomic mass is 16.2. The number of ketones is 1. The molecular formula is C37H39N3O3. The van der Waals surface area contributed by atoms with Gasteiger partial charge in [0.15, 0.2) is 0 Å². The van der Waals surface area contributed by atoms with Crippen molar-refractivity contribution in [3.63, 3.8) is 0 Å². The lowest BCUT2D eigenvalue weighted by Gasteiger charge is -2.19. The van der Waals surface area contributed by atoms with Crippen LogP contribution in [0.2, 0.25) is 0 Å². The second-order valence-electron chi connectivity index (χ2n) is 11.2. The molecule has 1 heterocycles. The normalized spacial score (nSPS) is 11.8. The zero-order valence-electron chi connectivity index (χ0n) is 24.7. The van der Waals surface area contributed by atoms with Gasteiger partial charge in [-0.3, -0.25) is 9.59 Å². The van der Waals surface area contributed by atoms with E-state index in [2.05, 4.69) is 39.9 Å². The maximum Gasteiger partial charge on any atom is 0.242 e. The number of nitrogens with one attached hydrogen (secondary N) is 3. The molecule has 0 aliphatic heterocycles. The maximum atomic E-state index is 13.4. The molecular weight excluding hydrogens is 534 g/mol. The van der Waals surface area contributed by atoms with Crippen LogP contribution in [0.15, 0.2) is 97.1 Å². The number of aromatic nitrogens is 1. The summed E-state index contributed by atoms with van der Waals surface area (Å²) in [5.74, 6) is -0.188. The van der Waals surface area contributed by atoms with Crippen LogP contribution in [0.4, 0.5) is 0 Å². The number of unbranched alkanes of at least 4 members (excludes halogenated alkanes) is 2. The van der Waals surface area contributed by atoms with Gasteiger partial charge in [-0.25, -0.2) is 0 Å². The van der Waals surface area contributed by atoms with Gasteiger partial charge in [0, 0.05) is 29.6 Å². The summed E-state index contributed by atoms with van der Waals surface area (Å²) in [5.41, 5.74) is 5.28. The minimum atomic E-state index is -0.637. The van der Waals surface area contributed by atoms with Crippen molar-refractivity contribution < 1.29 is 14.4 Å². The van der Waals surface area contributed by atoms with Crippen molar-refractivity contribution in [1.82, 2.24) is 15.6 Å². The summed E-state index contributed by atoms with van der Waals surface area (Å²) in [5, 5.41) is 9.44. The van der Waals surface area contributed by atoms with Crippen LogP contribution < -0.4 is 10.6 Å². The average Bonchev–Trinajstić information content (AvgIpc) is 3.39. The third-order valence-electron chi connectivity index (χ3n) is 7.90. The Labute approximate surface area is 252 Å². The second kappa shape index (κ2) is 14.5. The second-order valence-corrected chi connectivity index (χ2v) is 11.2. The van der Waals surface area contributed by atoms with Crippen LogP contribution in [-0.4, -0.2) is 35.2 Å². The number of hydrogen-bond acceptors (Lipinski definition) is 3. The number of carbonyl (C=O) groups excluding carboxylic acids is 3. The molecule has 2 amide bonds. The van der Waals surface area contributed by atoms with E-state index in [0.717, 1.165) is 63.3 Å². The van der Waals surface area contributed by atoms with Crippen LogP contribution in [0.3, 0.4) is 0 Å². The Morgan fingerprint density at radius 3 is 2.35 bits per heavy atom. The quantitative estimate of drug-likeness (QED) is 0.126. The summed E-state index contributed by atoms with van der Waals surface area (Å²) < 4.78 is 0. The van der Waals surface area contributed by atoms with Crippen molar-refractivity contribution in [3.05, 3.63) is 108 Å². The minimum absolute atomic E-state index is 0.171. The number of hydrogen-bond donors (Lipinski definition) is 3. The van der Waals surface area contributed by atoms with Crippen LogP contribution in [0.25, 0.3) is 32.9 Å². The lowest BCUT2D eigenvalue weighted by atomic mass is 10.0. The van der Waals surface area contributed by atoms with Crippen LogP contribution >= 0.6 is 0 Å². The Kier molecular flexibility index (Phi) is 10.0. The van der Waals surface area contributed by atoms with Crippen molar-refractivity contribution in [2.45, 2.75) is 57.9 Å². The van der Waals surface area contributed by atoms with Gasteiger partial charge in [0.1, 0.15) is 11.8 Å². The third kappa shape index (κ3) is 7.98. The smallest absolute Gasteiger partial charge is 0.242 e. The molecule has 0 aliphatic rings. The van der Waals surface area contributed by atoms with Gasteiger partial charge in [-0.1, -0.05) is 104 Å².